The summed E-state index contributed by atoms with van der Waals surface area (Å²) in [6, 6.07) is 3.04. The van der Waals surface area contributed by atoms with E-state index in [9.17, 15) is 25.3 Å². The molecule has 0 spiro atoms. The zero-order valence-electron chi connectivity index (χ0n) is 12.0. The van der Waals surface area contributed by atoms with Crippen LogP contribution < -0.4 is 0 Å². The lowest BCUT2D eigenvalue weighted by atomic mass is 10.2. The van der Waals surface area contributed by atoms with Crippen molar-refractivity contribution in [2.75, 3.05) is 12.4 Å². The predicted octanol–water partition coefficient (Wildman–Crippen LogP) is 0.637. The summed E-state index contributed by atoms with van der Waals surface area (Å²) < 4.78 is 87.8. The van der Waals surface area contributed by atoms with Crippen LogP contribution in [0.1, 0.15) is 5.56 Å². The van der Waals surface area contributed by atoms with E-state index in [4.69, 9.17) is 9.11 Å². The van der Waals surface area contributed by atoms with Crippen molar-refractivity contribution in [3.8, 4) is 0 Å². The molecule has 0 saturated heterocycles. The van der Waals surface area contributed by atoms with Crippen LogP contribution in [0, 0.1) is 6.92 Å². The number of rotatable bonds is 6. The maximum absolute atomic E-state index is 11.9. The van der Waals surface area contributed by atoms with E-state index in [0.717, 1.165) is 12.1 Å². The van der Waals surface area contributed by atoms with Crippen LogP contribution in [0.5, 0.6) is 0 Å². The number of benzene rings is 1. The molecule has 0 atom stereocenters. The molecular formula is C11H16O9S3. The molecule has 9 nitrogen and oxygen atoms in total. The van der Waals surface area contributed by atoms with E-state index in [0.29, 0.717) is 0 Å². The van der Waals surface area contributed by atoms with Gasteiger partial charge in [0.2, 0.25) is 0 Å². The van der Waals surface area contributed by atoms with Crippen LogP contribution in [0.2, 0.25) is 0 Å². The first-order valence-electron chi connectivity index (χ1n) is 5.76. The van der Waals surface area contributed by atoms with Crippen molar-refractivity contribution in [3.63, 3.8) is 0 Å². The van der Waals surface area contributed by atoms with Gasteiger partial charge in [-0.1, -0.05) is 6.07 Å². The number of hydrogen-bond donors (Lipinski definition) is 2. The van der Waals surface area contributed by atoms with Gasteiger partial charge in [-0.2, -0.15) is 16.8 Å². The van der Waals surface area contributed by atoms with Crippen molar-refractivity contribution in [2.24, 2.45) is 0 Å². The van der Waals surface area contributed by atoms with E-state index >= 15 is 0 Å². The highest BCUT2D eigenvalue weighted by Crippen LogP contribution is 2.20. The van der Waals surface area contributed by atoms with Crippen LogP contribution in [0.3, 0.4) is 0 Å². The Bertz CT molecular complexity index is 852. The predicted molar refractivity (Wildman–Crippen MR) is 81.8 cm³/mol. The lowest BCUT2D eigenvalue weighted by molar-refractivity contribution is 0.284. The fourth-order valence-electron chi connectivity index (χ4n) is 1.42. The van der Waals surface area contributed by atoms with Gasteiger partial charge in [0.15, 0.2) is 9.84 Å². The van der Waals surface area contributed by atoms with E-state index in [1.54, 1.807) is 0 Å². The minimum atomic E-state index is -4.77. The highest BCUT2D eigenvalue weighted by Gasteiger charge is 2.21. The summed E-state index contributed by atoms with van der Waals surface area (Å²) in [6.07, 6.45) is 0. The summed E-state index contributed by atoms with van der Waals surface area (Å²) in [4.78, 5) is -1.00. The largest absolute Gasteiger partial charge is 0.397 e. The fraction of sp³-hybridized carbons (Fsp3) is 0.273. The highest BCUT2D eigenvalue weighted by atomic mass is 32.3. The lowest BCUT2D eigenvalue weighted by Crippen LogP contribution is -2.16. The van der Waals surface area contributed by atoms with Crippen molar-refractivity contribution < 1.29 is 38.5 Å². The third-order valence-electron chi connectivity index (χ3n) is 2.38. The van der Waals surface area contributed by atoms with Crippen LogP contribution in [0.4, 0.5) is 0 Å². The average molecular weight is 388 g/mol. The standard InChI is InChI=1S/C9H12O9S3.C2H4/c1-7-2-3-8(6-9(7)20(12,13)14)19(10,11)5-4-18-21(15,16)17;1-2/h2-3,6H,4-5H2,1H3,(H,12,13,14)(H,15,16,17);1-2H2. The Hall–Kier alpha value is -1.31. The van der Waals surface area contributed by atoms with Gasteiger partial charge in [-0.05, 0) is 24.6 Å². The molecular weight excluding hydrogens is 372 g/mol. The van der Waals surface area contributed by atoms with E-state index in [1.807, 2.05) is 0 Å². The SMILES string of the molecule is C=C.Cc1ccc(S(=O)(=O)CCOS(=O)(=O)O)cc1S(=O)(=O)O. The Balaban J connectivity index is 0.00000232. The summed E-state index contributed by atoms with van der Waals surface area (Å²) in [7, 11) is -13.4. The second-order valence-corrected chi connectivity index (χ2v) is 8.56. The van der Waals surface area contributed by atoms with Gasteiger partial charge in [0.25, 0.3) is 10.1 Å². The average Bonchev–Trinajstić information content (AvgIpc) is 2.38. The van der Waals surface area contributed by atoms with Crippen LogP contribution in [-0.2, 0) is 34.5 Å². The zero-order valence-corrected chi connectivity index (χ0v) is 14.5. The molecule has 12 heteroatoms. The monoisotopic (exact) mass is 388 g/mol. The Labute approximate surface area is 135 Å². The molecule has 0 saturated carbocycles. The molecule has 0 aliphatic rings. The molecule has 1 aromatic carbocycles. The maximum atomic E-state index is 11.9. The molecule has 23 heavy (non-hydrogen) atoms. The van der Waals surface area contributed by atoms with Gasteiger partial charge in [0.05, 0.1) is 22.2 Å². The molecule has 132 valence electrons. The van der Waals surface area contributed by atoms with Gasteiger partial charge in [0.1, 0.15) is 0 Å². The zero-order chi connectivity index (χ0) is 18.5. The van der Waals surface area contributed by atoms with Crippen molar-refractivity contribution in [3.05, 3.63) is 36.9 Å². The molecule has 0 radical (unpaired) electrons. The minimum Gasteiger partial charge on any atom is -0.282 e. The third kappa shape index (κ3) is 7.20. The molecule has 2 N–H and O–H groups in total. The first-order valence-corrected chi connectivity index (χ1v) is 10.2. The van der Waals surface area contributed by atoms with Crippen molar-refractivity contribution in [1.29, 1.82) is 0 Å². The molecule has 1 aromatic rings. The third-order valence-corrected chi connectivity index (χ3v) is 5.52. The van der Waals surface area contributed by atoms with Crippen molar-refractivity contribution in [1.82, 2.24) is 0 Å². The van der Waals surface area contributed by atoms with Crippen LogP contribution in [-0.4, -0.2) is 46.7 Å². The van der Waals surface area contributed by atoms with E-state index in [2.05, 4.69) is 17.3 Å². The molecule has 0 aliphatic heterocycles. The first kappa shape index (κ1) is 21.7. The van der Waals surface area contributed by atoms with Crippen molar-refractivity contribution in [2.45, 2.75) is 16.7 Å². The van der Waals surface area contributed by atoms with Gasteiger partial charge < -0.3 is 0 Å². The Morgan fingerprint density at radius 2 is 1.57 bits per heavy atom. The van der Waals surface area contributed by atoms with Gasteiger partial charge in [-0.15, -0.1) is 13.2 Å². The Morgan fingerprint density at radius 3 is 2.00 bits per heavy atom. The van der Waals surface area contributed by atoms with Gasteiger partial charge in [-0.3, -0.25) is 9.11 Å². The van der Waals surface area contributed by atoms with Crippen molar-refractivity contribution >= 4 is 30.4 Å². The molecule has 0 aliphatic carbocycles. The van der Waals surface area contributed by atoms with Crippen LogP contribution in [0.25, 0.3) is 0 Å². The summed E-state index contributed by atoms with van der Waals surface area (Å²) in [5.74, 6) is -0.805. The molecule has 0 heterocycles. The summed E-state index contributed by atoms with van der Waals surface area (Å²) in [5.41, 5.74) is 0.144. The van der Waals surface area contributed by atoms with Gasteiger partial charge in [-0.25, -0.2) is 12.6 Å². The molecule has 0 aromatic heterocycles. The van der Waals surface area contributed by atoms with E-state index < -0.39 is 52.5 Å². The van der Waals surface area contributed by atoms with Gasteiger partial charge in [0, 0.05) is 0 Å². The second-order valence-electron chi connectivity index (χ2n) is 3.97. The summed E-state index contributed by atoms with van der Waals surface area (Å²) in [6.45, 7) is 6.52. The Morgan fingerprint density at radius 1 is 1.04 bits per heavy atom. The molecule has 0 amide bonds. The summed E-state index contributed by atoms with van der Waals surface area (Å²) >= 11 is 0. The minimum absolute atomic E-state index is 0.144. The lowest BCUT2D eigenvalue weighted by Gasteiger charge is -2.07. The number of hydrogen-bond acceptors (Lipinski definition) is 7. The molecule has 0 bridgehead atoms. The van der Waals surface area contributed by atoms with Crippen LogP contribution >= 0.6 is 0 Å². The molecule has 0 unspecified atom stereocenters. The smallest absolute Gasteiger partial charge is 0.282 e. The number of aryl methyl sites for hydroxylation is 1. The summed E-state index contributed by atoms with van der Waals surface area (Å²) in [5, 5.41) is 0. The quantitative estimate of drug-likeness (QED) is 0.528. The molecule has 1 rings (SSSR count). The van der Waals surface area contributed by atoms with Crippen LogP contribution in [0.15, 0.2) is 41.1 Å². The second kappa shape index (κ2) is 7.99. The van der Waals surface area contributed by atoms with Gasteiger partial charge >= 0.3 is 10.4 Å². The number of sulfone groups is 1. The first-order chi connectivity index (χ1) is 10.3. The van der Waals surface area contributed by atoms with E-state index in [-0.39, 0.29) is 5.56 Å². The normalized spacial score (nSPS) is 12.3. The van der Waals surface area contributed by atoms with E-state index in [1.165, 1.54) is 13.0 Å². The maximum Gasteiger partial charge on any atom is 0.397 e. The topological polar surface area (TPSA) is 152 Å². The fourth-order valence-corrected chi connectivity index (χ4v) is 3.75. The Kier molecular flexibility index (Phi) is 7.53. The molecule has 0 fully saturated rings. The highest BCUT2D eigenvalue weighted by molar-refractivity contribution is 7.91.